The van der Waals surface area contributed by atoms with Crippen molar-refractivity contribution in [2.45, 2.75) is 58.5 Å². The van der Waals surface area contributed by atoms with Gasteiger partial charge in [0.05, 0.1) is 25.5 Å². The molecular formula is C24H40N6O2. The fourth-order valence-corrected chi connectivity index (χ4v) is 5.13. The summed E-state index contributed by atoms with van der Waals surface area (Å²) in [6.45, 7) is 13.6. The summed E-state index contributed by atoms with van der Waals surface area (Å²) in [6, 6.07) is 0.674. The van der Waals surface area contributed by atoms with Crippen LogP contribution in [0.15, 0.2) is 6.20 Å². The lowest BCUT2D eigenvalue weighted by Crippen LogP contribution is -2.53. The second-order valence-electron chi connectivity index (χ2n) is 9.32. The van der Waals surface area contributed by atoms with Crippen LogP contribution < -0.4 is 4.90 Å². The Hall–Kier alpha value is -1.77. The third-order valence-corrected chi connectivity index (χ3v) is 7.20. The van der Waals surface area contributed by atoms with Gasteiger partial charge in [0.2, 0.25) is 11.9 Å². The van der Waals surface area contributed by atoms with Crippen LogP contribution >= 0.6 is 0 Å². The Bertz CT molecular complexity index is 746. The molecule has 4 heterocycles. The summed E-state index contributed by atoms with van der Waals surface area (Å²) >= 11 is 0. The highest BCUT2D eigenvalue weighted by atomic mass is 16.5. The van der Waals surface area contributed by atoms with Gasteiger partial charge in [0.1, 0.15) is 0 Å². The molecule has 0 aliphatic carbocycles. The number of anilines is 1. The van der Waals surface area contributed by atoms with Crippen LogP contribution in [0, 0.1) is 0 Å². The molecule has 178 valence electrons. The van der Waals surface area contributed by atoms with E-state index in [1.165, 1.54) is 25.7 Å². The van der Waals surface area contributed by atoms with Crippen molar-refractivity contribution in [2.75, 3.05) is 70.5 Å². The largest absolute Gasteiger partial charge is 0.378 e. The minimum absolute atomic E-state index is 0.264. The summed E-state index contributed by atoms with van der Waals surface area (Å²) in [5.41, 5.74) is 2.30. The Morgan fingerprint density at radius 1 is 1.09 bits per heavy atom. The third kappa shape index (κ3) is 5.77. The Kier molecular flexibility index (Phi) is 8.32. The molecule has 2 fully saturated rings. The average Bonchev–Trinajstić information content (AvgIpc) is 2.85. The van der Waals surface area contributed by atoms with Crippen molar-refractivity contribution in [3.8, 4) is 0 Å². The maximum atomic E-state index is 13.0. The smallest absolute Gasteiger partial charge is 0.236 e. The molecule has 3 aliphatic rings. The van der Waals surface area contributed by atoms with Crippen LogP contribution in [0.1, 0.15) is 50.8 Å². The predicted molar refractivity (Wildman–Crippen MR) is 126 cm³/mol. The molecule has 8 nitrogen and oxygen atoms in total. The number of amides is 1. The molecule has 8 heteroatoms. The first kappa shape index (κ1) is 23.4. The van der Waals surface area contributed by atoms with Crippen LogP contribution in [0.25, 0.3) is 0 Å². The van der Waals surface area contributed by atoms with E-state index in [2.05, 4.69) is 38.4 Å². The average molecular weight is 445 g/mol. The van der Waals surface area contributed by atoms with Gasteiger partial charge in [-0.25, -0.2) is 9.97 Å². The molecular weight excluding hydrogens is 404 g/mol. The summed E-state index contributed by atoms with van der Waals surface area (Å²) < 4.78 is 5.43. The number of hydrogen-bond donors (Lipinski definition) is 0. The normalized spacial score (nSPS) is 21.4. The molecule has 1 amide bonds. The highest BCUT2D eigenvalue weighted by molar-refractivity contribution is 5.78. The second kappa shape index (κ2) is 11.4. The number of aromatic nitrogens is 2. The number of unbranched alkanes of at least 4 members (excludes halogenated alkanes) is 1. The van der Waals surface area contributed by atoms with E-state index < -0.39 is 0 Å². The Labute approximate surface area is 192 Å². The van der Waals surface area contributed by atoms with Crippen molar-refractivity contribution in [1.82, 2.24) is 24.7 Å². The molecule has 0 saturated carbocycles. The standard InChI is InChI=1S/C24H40N6O2/c1-3-5-6-21(4-2)28-9-11-29(12-10-28)23(31)19-27-8-7-22-20(18-27)17-25-24(26-22)30-13-15-32-16-14-30/h17,21H,3-16,18-19H2,1-2H3. The van der Waals surface area contributed by atoms with Crippen LogP contribution in [0.4, 0.5) is 5.95 Å². The molecule has 1 aromatic rings. The third-order valence-electron chi connectivity index (χ3n) is 7.20. The summed E-state index contributed by atoms with van der Waals surface area (Å²) in [7, 11) is 0. The lowest BCUT2D eigenvalue weighted by atomic mass is 10.0. The zero-order valence-electron chi connectivity index (χ0n) is 20.0. The first-order valence-corrected chi connectivity index (χ1v) is 12.6. The Balaban J connectivity index is 1.25. The summed E-state index contributed by atoms with van der Waals surface area (Å²) in [4.78, 5) is 31.5. The van der Waals surface area contributed by atoms with Crippen molar-refractivity contribution in [1.29, 1.82) is 0 Å². The molecule has 0 aromatic carbocycles. The van der Waals surface area contributed by atoms with Gasteiger partial charge in [-0.1, -0.05) is 26.7 Å². The van der Waals surface area contributed by atoms with Gasteiger partial charge in [-0.3, -0.25) is 14.6 Å². The maximum absolute atomic E-state index is 13.0. The van der Waals surface area contributed by atoms with Gasteiger partial charge in [-0.15, -0.1) is 0 Å². The molecule has 0 radical (unpaired) electrons. The number of carbonyl (C=O) groups is 1. The SMILES string of the molecule is CCCCC(CC)N1CCN(C(=O)CN2CCc3nc(N4CCOCC4)ncc3C2)CC1. The number of rotatable bonds is 8. The van der Waals surface area contributed by atoms with Crippen molar-refractivity contribution in [3.05, 3.63) is 17.5 Å². The van der Waals surface area contributed by atoms with E-state index >= 15 is 0 Å². The van der Waals surface area contributed by atoms with Crippen LogP contribution in [0.5, 0.6) is 0 Å². The van der Waals surface area contributed by atoms with Crippen molar-refractivity contribution in [3.63, 3.8) is 0 Å². The fourth-order valence-electron chi connectivity index (χ4n) is 5.13. The quantitative estimate of drug-likeness (QED) is 0.606. The summed E-state index contributed by atoms with van der Waals surface area (Å²) in [6.07, 6.45) is 7.88. The molecule has 0 bridgehead atoms. The molecule has 1 atom stereocenters. The molecule has 1 aromatic heterocycles. The van der Waals surface area contributed by atoms with Gasteiger partial charge in [0.25, 0.3) is 0 Å². The van der Waals surface area contributed by atoms with E-state index in [0.717, 1.165) is 89.2 Å². The first-order valence-electron chi connectivity index (χ1n) is 12.6. The van der Waals surface area contributed by atoms with Gasteiger partial charge in [0, 0.05) is 76.6 Å². The van der Waals surface area contributed by atoms with Crippen LogP contribution in [0.3, 0.4) is 0 Å². The molecule has 0 N–H and O–H groups in total. The zero-order valence-corrected chi connectivity index (χ0v) is 20.0. The van der Waals surface area contributed by atoms with E-state index in [0.29, 0.717) is 12.6 Å². The molecule has 32 heavy (non-hydrogen) atoms. The van der Waals surface area contributed by atoms with Crippen molar-refractivity contribution < 1.29 is 9.53 Å². The molecule has 4 rings (SSSR count). The number of fused-ring (bicyclic) bond motifs is 1. The number of piperazine rings is 1. The molecule has 2 saturated heterocycles. The van der Waals surface area contributed by atoms with Gasteiger partial charge in [0.15, 0.2) is 0 Å². The Morgan fingerprint density at radius 3 is 2.59 bits per heavy atom. The van der Waals surface area contributed by atoms with Crippen LogP contribution in [0.2, 0.25) is 0 Å². The number of carbonyl (C=O) groups excluding carboxylic acids is 1. The van der Waals surface area contributed by atoms with Gasteiger partial charge < -0.3 is 14.5 Å². The first-order chi connectivity index (χ1) is 15.7. The number of ether oxygens (including phenoxy) is 1. The fraction of sp³-hybridized carbons (Fsp3) is 0.792. The van der Waals surface area contributed by atoms with Gasteiger partial charge >= 0.3 is 0 Å². The van der Waals surface area contributed by atoms with E-state index in [4.69, 9.17) is 9.72 Å². The maximum Gasteiger partial charge on any atom is 0.236 e. The van der Waals surface area contributed by atoms with E-state index in [9.17, 15) is 4.79 Å². The lowest BCUT2D eigenvalue weighted by molar-refractivity contribution is -0.134. The molecule has 0 spiro atoms. The van der Waals surface area contributed by atoms with Crippen molar-refractivity contribution >= 4 is 11.9 Å². The minimum atomic E-state index is 0.264. The topological polar surface area (TPSA) is 65.0 Å². The van der Waals surface area contributed by atoms with Crippen LogP contribution in [-0.2, 0) is 22.5 Å². The van der Waals surface area contributed by atoms with Gasteiger partial charge in [-0.05, 0) is 12.8 Å². The second-order valence-corrected chi connectivity index (χ2v) is 9.32. The van der Waals surface area contributed by atoms with Crippen LogP contribution in [-0.4, -0.2) is 102 Å². The number of nitrogens with zero attached hydrogens (tertiary/aromatic N) is 6. The summed E-state index contributed by atoms with van der Waals surface area (Å²) in [5, 5.41) is 0. The lowest BCUT2D eigenvalue weighted by Gasteiger charge is -2.40. The highest BCUT2D eigenvalue weighted by Crippen LogP contribution is 2.20. The zero-order chi connectivity index (χ0) is 22.3. The van der Waals surface area contributed by atoms with Gasteiger partial charge in [-0.2, -0.15) is 0 Å². The predicted octanol–water partition coefficient (Wildman–Crippen LogP) is 1.78. The van der Waals surface area contributed by atoms with E-state index in [1.807, 2.05) is 6.20 Å². The molecule has 1 unspecified atom stereocenters. The number of hydrogen-bond acceptors (Lipinski definition) is 7. The molecule has 3 aliphatic heterocycles. The highest BCUT2D eigenvalue weighted by Gasteiger charge is 2.27. The minimum Gasteiger partial charge on any atom is -0.378 e. The van der Waals surface area contributed by atoms with E-state index in [-0.39, 0.29) is 5.91 Å². The Morgan fingerprint density at radius 2 is 1.88 bits per heavy atom. The van der Waals surface area contributed by atoms with E-state index in [1.54, 1.807) is 0 Å². The number of morpholine rings is 1. The van der Waals surface area contributed by atoms with Crippen molar-refractivity contribution in [2.24, 2.45) is 0 Å². The summed E-state index contributed by atoms with van der Waals surface area (Å²) in [5.74, 6) is 1.08. The monoisotopic (exact) mass is 444 g/mol.